The zero-order valence-corrected chi connectivity index (χ0v) is 11.7. The Morgan fingerprint density at radius 1 is 1.05 bits per heavy atom. The van der Waals surface area contributed by atoms with E-state index in [2.05, 4.69) is 35.6 Å². The van der Waals surface area contributed by atoms with Gasteiger partial charge in [-0.15, -0.1) is 6.58 Å². The molecule has 2 rings (SSSR count). The quantitative estimate of drug-likeness (QED) is 0.739. The SMILES string of the molecule is C=C(C)CCCc1ccc(-c2ccc(C)cn2)nc1. The number of hydrogen-bond acceptors (Lipinski definition) is 2. The Kier molecular flexibility index (Phi) is 4.45. The average Bonchev–Trinajstić information content (AvgIpc) is 2.40. The second-order valence-electron chi connectivity index (χ2n) is 5.08. The van der Waals surface area contributed by atoms with E-state index in [0.29, 0.717) is 0 Å². The lowest BCUT2D eigenvalue weighted by atomic mass is 10.1. The Morgan fingerprint density at radius 2 is 1.74 bits per heavy atom. The van der Waals surface area contributed by atoms with Crippen molar-refractivity contribution in [2.75, 3.05) is 0 Å². The summed E-state index contributed by atoms with van der Waals surface area (Å²) in [6, 6.07) is 8.26. The number of pyridine rings is 2. The van der Waals surface area contributed by atoms with Crippen LogP contribution >= 0.6 is 0 Å². The highest BCUT2D eigenvalue weighted by Crippen LogP contribution is 2.16. The van der Waals surface area contributed by atoms with Crippen LogP contribution in [0.5, 0.6) is 0 Å². The second kappa shape index (κ2) is 6.28. The van der Waals surface area contributed by atoms with Crippen molar-refractivity contribution < 1.29 is 0 Å². The zero-order valence-electron chi connectivity index (χ0n) is 11.7. The summed E-state index contributed by atoms with van der Waals surface area (Å²) in [5, 5.41) is 0. The Morgan fingerprint density at radius 3 is 2.26 bits per heavy atom. The van der Waals surface area contributed by atoms with E-state index in [-0.39, 0.29) is 0 Å². The fourth-order valence-electron chi connectivity index (χ4n) is 1.94. The smallest absolute Gasteiger partial charge is 0.0886 e. The van der Waals surface area contributed by atoms with E-state index < -0.39 is 0 Å². The lowest BCUT2D eigenvalue weighted by Crippen LogP contribution is -1.91. The summed E-state index contributed by atoms with van der Waals surface area (Å²) in [5.74, 6) is 0. The molecule has 19 heavy (non-hydrogen) atoms. The molecule has 0 aliphatic carbocycles. The van der Waals surface area contributed by atoms with Crippen LogP contribution in [0.4, 0.5) is 0 Å². The van der Waals surface area contributed by atoms with Crippen molar-refractivity contribution in [2.24, 2.45) is 0 Å². The molecule has 0 radical (unpaired) electrons. The Bertz CT molecular complexity index is 538. The Labute approximate surface area is 115 Å². The summed E-state index contributed by atoms with van der Waals surface area (Å²) >= 11 is 0. The van der Waals surface area contributed by atoms with E-state index in [1.54, 1.807) is 0 Å². The molecule has 0 aliphatic rings. The minimum atomic E-state index is 0.930. The topological polar surface area (TPSA) is 25.8 Å². The van der Waals surface area contributed by atoms with E-state index in [0.717, 1.165) is 30.7 Å². The molecule has 2 aromatic rings. The lowest BCUT2D eigenvalue weighted by molar-refractivity contribution is 0.811. The first-order chi connectivity index (χ1) is 9.15. The predicted molar refractivity (Wildman–Crippen MR) is 80.0 cm³/mol. The van der Waals surface area contributed by atoms with Gasteiger partial charge in [-0.1, -0.05) is 17.7 Å². The third-order valence-corrected chi connectivity index (χ3v) is 3.07. The van der Waals surface area contributed by atoms with Gasteiger partial charge in [0.1, 0.15) is 0 Å². The molecule has 0 N–H and O–H groups in total. The molecule has 0 aromatic carbocycles. The first kappa shape index (κ1) is 13.5. The van der Waals surface area contributed by atoms with Gasteiger partial charge in [-0.3, -0.25) is 9.97 Å². The Balaban J connectivity index is 2.02. The highest BCUT2D eigenvalue weighted by Gasteiger charge is 2.01. The molecular weight excluding hydrogens is 232 g/mol. The molecule has 0 saturated carbocycles. The van der Waals surface area contributed by atoms with Crippen LogP contribution in [0.25, 0.3) is 11.4 Å². The van der Waals surface area contributed by atoms with Crippen LogP contribution in [0.3, 0.4) is 0 Å². The van der Waals surface area contributed by atoms with Gasteiger partial charge in [0, 0.05) is 12.4 Å². The molecule has 0 saturated heterocycles. The maximum Gasteiger partial charge on any atom is 0.0886 e. The molecule has 0 unspecified atom stereocenters. The van der Waals surface area contributed by atoms with E-state index in [1.165, 1.54) is 16.7 Å². The summed E-state index contributed by atoms with van der Waals surface area (Å²) in [6.07, 6.45) is 7.11. The van der Waals surface area contributed by atoms with E-state index in [1.807, 2.05) is 31.5 Å². The first-order valence-corrected chi connectivity index (χ1v) is 6.67. The molecule has 2 heterocycles. The molecule has 0 spiro atoms. The molecule has 98 valence electrons. The van der Waals surface area contributed by atoms with Crippen molar-refractivity contribution in [3.63, 3.8) is 0 Å². The number of hydrogen-bond donors (Lipinski definition) is 0. The van der Waals surface area contributed by atoms with Crippen LogP contribution < -0.4 is 0 Å². The number of allylic oxidation sites excluding steroid dienone is 1. The molecule has 2 aromatic heterocycles. The van der Waals surface area contributed by atoms with Crippen LogP contribution in [-0.4, -0.2) is 9.97 Å². The van der Waals surface area contributed by atoms with Gasteiger partial charge in [-0.25, -0.2) is 0 Å². The summed E-state index contributed by atoms with van der Waals surface area (Å²) < 4.78 is 0. The normalized spacial score (nSPS) is 10.4. The molecule has 0 aliphatic heterocycles. The summed E-state index contributed by atoms with van der Waals surface area (Å²) in [4.78, 5) is 8.88. The van der Waals surface area contributed by atoms with Gasteiger partial charge >= 0.3 is 0 Å². The van der Waals surface area contributed by atoms with Gasteiger partial charge in [0.2, 0.25) is 0 Å². The van der Waals surface area contributed by atoms with Gasteiger partial charge in [0.05, 0.1) is 11.4 Å². The van der Waals surface area contributed by atoms with Crippen molar-refractivity contribution >= 4 is 0 Å². The van der Waals surface area contributed by atoms with Gasteiger partial charge in [0.15, 0.2) is 0 Å². The van der Waals surface area contributed by atoms with E-state index >= 15 is 0 Å². The van der Waals surface area contributed by atoms with Gasteiger partial charge in [0.25, 0.3) is 0 Å². The fraction of sp³-hybridized carbons (Fsp3) is 0.294. The van der Waals surface area contributed by atoms with Gasteiger partial charge in [-0.2, -0.15) is 0 Å². The summed E-state index contributed by atoms with van der Waals surface area (Å²) in [6.45, 7) is 8.03. The van der Waals surface area contributed by atoms with Crippen LogP contribution in [0, 0.1) is 6.92 Å². The molecular formula is C17H20N2. The number of aromatic nitrogens is 2. The van der Waals surface area contributed by atoms with Crippen LogP contribution in [0.1, 0.15) is 30.9 Å². The maximum absolute atomic E-state index is 4.49. The number of rotatable bonds is 5. The molecule has 0 atom stereocenters. The highest BCUT2D eigenvalue weighted by molar-refractivity contribution is 5.53. The largest absolute Gasteiger partial charge is 0.254 e. The predicted octanol–water partition coefficient (Wildman–Crippen LogP) is 4.35. The number of aryl methyl sites for hydroxylation is 2. The van der Waals surface area contributed by atoms with E-state index in [4.69, 9.17) is 0 Å². The van der Waals surface area contributed by atoms with Crippen molar-refractivity contribution in [1.82, 2.24) is 9.97 Å². The highest BCUT2D eigenvalue weighted by atomic mass is 14.8. The molecule has 0 bridgehead atoms. The van der Waals surface area contributed by atoms with E-state index in [9.17, 15) is 0 Å². The average molecular weight is 252 g/mol. The second-order valence-corrected chi connectivity index (χ2v) is 5.08. The molecule has 0 amide bonds. The first-order valence-electron chi connectivity index (χ1n) is 6.67. The van der Waals surface area contributed by atoms with Crippen LogP contribution in [-0.2, 0) is 6.42 Å². The summed E-state index contributed by atoms with van der Waals surface area (Å²) in [5.41, 5.74) is 5.55. The third-order valence-electron chi connectivity index (χ3n) is 3.07. The molecule has 2 heteroatoms. The minimum absolute atomic E-state index is 0.930. The monoisotopic (exact) mass is 252 g/mol. The minimum Gasteiger partial charge on any atom is -0.254 e. The van der Waals surface area contributed by atoms with Crippen molar-refractivity contribution in [1.29, 1.82) is 0 Å². The molecule has 0 fully saturated rings. The zero-order chi connectivity index (χ0) is 13.7. The van der Waals surface area contributed by atoms with Crippen LogP contribution in [0.15, 0.2) is 48.8 Å². The fourth-order valence-corrected chi connectivity index (χ4v) is 1.94. The Hall–Kier alpha value is -1.96. The maximum atomic E-state index is 4.49. The number of nitrogens with zero attached hydrogens (tertiary/aromatic N) is 2. The molecule has 2 nitrogen and oxygen atoms in total. The lowest BCUT2D eigenvalue weighted by Gasteiger charge is -2.04. The van der Waals surface area contributed by atoms with Crippen molar-refractivity contribution in [3.05, 3.63) is 59.9 Å². The van der Waals surface area contributed by atoms with Gasteiger partial charge < -0.3 is 0 Å². The third kappa shape index (κ3) is 4.02. The van der Waals surface area contributed by atoms with Crippen LogP contribution in [0.2, 0.25) is 0 Å². The van der Waals surface area contributed by atoms with Crippen molar-refractivity contribution in [3.8, 4) is 11.4 Å². The van der Waals surface area contributed by atoms with Gasteiger partial charge in [-0.05, 0) is 56.4 Å². The van der Waals surface area contributed by atoms with Crippen molar-refractivity contribution in [2.45, 2.75) is 33.1 Å². The summed E-state index contributed by atoms with van der Waals surface area (Å²) in [7, 11) is 0. The standard InChI is InChI=1S/C17H20N2/c1-13(2)5-4-6-15-8-10-17(19-12-15)16-9-7-14(3)11-18-16/h7-12H,1,4-6H2,2-3H3.